The number of ketones is 1. The molecule has 0 amide bonds. The number of Topliss-reactive ketones (excluding diaryl/α,β-unsaturated/α-hetero) is 1. The molecular weight excluding hydrogens is 336 g/mol. The first-order chi connectivity index (χ1) is 12.0. The summed E-state index contributed by atoms with van der Waals surface area (Å²) < 4.78 is 12.1. The molecule has 0 aliphatic carbocycles. The quantitative estimate of drug-likeness (QED) is 0.853. The molecular formula is C20H24O6. The minimum atomic E-state index is -0.956. The number of benzene rings is 1. The molecule has 0 radical (unpaired) electrons. The number of fused-ring (bicyclic) bond motifs is 2. The number of phenolic OH excluding ortho intramolecular Hbond substituents is 1. The van der Waals surface area contributed by atoms with Gasteiger partial charge in [0.1, 0.15) is 34.5 Å². The van der Waals surface area contributed by atoms with Gasteiger partial charge in [-0.05, 0) is 38.8 Å². The zero-order valence-corrected chi connectivity index (χ0v) is 15.6. The van der Waals surface area contributed by atoms with Crippen molar-refractivity contribution in [3.63, 3.8) is 0 Å². The summed E-state index contributed by atoms with van der Waals surface area (Å²) in [6.45, 7) is 9.03. The van der Waals surface area contributed by atoms with Crippen molar-refractivity contribution in [2.75, 3.05) is 0 Å². The molecule has 6 nitrogen and oxygen atoms in total. The Morgan fingerprint density at radius 3 is 2.58 bits per heavy atom. The molecule has 0 spiro atoms. The second-order valence-corrected chi connectivity index (χ2v) is 7.72. The average molecular weight is 360 g/mol. The van der Waals surface area contributed by atoms with Crippen molar-refractivity contribution >= 4 is 17.8 Å². The van der Waals surface area contributed by atoms with E-state index in [2.05, 4.69) is 0 Å². The fraction of sp³-hybridized carbons (Fsp3) is 0.500. The van der Waals surface area contributed by atoms with E-state index in [9.17, 15) is 19.8 Å². The van der Waals surface area contributed by atoms with E-state index >= 15 is 0 Å². The Bertz CT molecular complexity index is 820. The van der Waals surface area contributed by atoms with Crippen molar-refractivity contribution in [1.29, 1.82) is 0 Å². The van der Waals surface area contributed by atoms with Crippen molar-refractivity contribution in [2.45, 2.75) is 58.7 Å². The highest BCUT2D eigenvalue weighted by Crippen LogP contribution is 2.52. The molecule has 2 aliphatic rings. The van der Waals surface area contributed by atoms with E-state index in [1.807, 2.05) is 13.8 Å². The van der Waals surface area contributed by atoms with Gasteiger partial charge in [-0.1, -0.05) is 13.8 Å². The number of ether oxygens (including phenoxy) is 2. The van der Waals surface area contributed by atoms with Crippen molar-refractivity contribution in [1.82, 2.24) is 0 Å². The van der Waals surface area contributed by atoms with Gasteiger partial charge in [0, 0.05) is 5.56 Å². The number of carbonyl (C=O) groups excluding carboxylic acids is 1. The van der Waals surface area contributed by atoms with E-state index in [-0.39, 0.29) is 35.4 Å². The number of aromatic hydroxyl groups is 1. The minimum Gasteiger partial charge on any atom is -0.506 e. The molecule has 3 rings (SSSR count). The van der Waals surface area contributed by atoms with Gasteiger partial charge in [0.05, 0.1) is 17.9 Å². The number of rotatable bonds is 3. The van der Waals surface area contributed by atoms with Crippen LogP contribution in [-0.4, -0.2) is 33.7 Å². The molecule has 2 aliphatic heterocycles. The first-order valence-corrected chi connectivity index (χ1v) is 8.77. The molecule has 0 unspecified atom stereocenters. The Morgan fingerprint density at radius 1 is 1.31 bits per heavy atom. The molecule has 1 aromatic carbocycles. The van der Waals surface area contributed by atoms with Crippen molar-refractivity contribution in [3.8, 4) is 17.2 Å². The number of carbonyl (C=O) groups is 2. The fourth-order valence-electron chi connectivity index (χ4n) is 3.47. The Balaban J connectivity index is 2.32. The molecule has 0 saturated heterocycles. The van der Waals surface area contributed by atoms with E-state index in [4.69, 9.17) is 9.47 Å². The Hall–Kier alpha value is -2.50. The third kappa shape index (κ3) is 2.83. The second kappa shape index (κ2) is 6.04. The summed E-state index contributed by atoms with van der Waals surface area (Å²) in [7, 11) is 0. The first kappa shape index (κ1) is 18.3. The summed E-state index contributed by atoms with van der Waals surface area (Å²) in [5.41, 5.74) is 0.423. The standard InChI is InChI=1S/C20H24O6/c1-9(8-13(21)22)14-18-12(6-7-20(4,5)26-18)17(24)15-16(23)10(2)11(3)25-19(14)15/h6-7,9-11,24H,8H2,1-5H3,(H,21,22)/t9-,10+,11+/m1/s1. The number of phenols is 1. The molecule has 2 heterocycles. The molecule has 0 fully saturated rings. The highest BCUT2D eigenvalue weighted by Gasteiger charge is 2.41. The summed E-state index contributed by atoms with van der Waals surface area (Å²) in [6.07, 6.45) is 3.00. The van der Waals surface area contributed by atoms with E-state index in [1.54, 1.807) is 32.9 Å². The normalized spacial score (nSPS) is 24.1. The zero-order chi connectivity index (χ0) is 19.4. The van der Waals surface area contributed by atoms with Gasteiger partial charge in [-0.2, -0.15) is 0 Å². The summed E-state index contributed by atoms with van der Waals surface area (Å²) in [4.78, 5) is 24.1. The summed E-state index contributed by atoms with van der Waals surface area (Å²) >= 11 is 0. The van der Waals surface area contributed by atoms with E-state index in [0.29, 0.717) is 16.9 Å². The van der Waals surface area contributed by atoms with Crippen LogP contribution in [0.2, 0.25) is 0 Å². The Kier molecular flexibility index (Phi) is 4.25. The highest BCUT2D eigenvalue weighted by molar-refractivity contribution is 6.06. The van der Waals surface area contributed by atoms with Crippen LogP contribution in [0, 0.1) is 5.92 Å². The molecule has 26 heavy (non-hydrogen) atoms. The molecule has 0 aromatic heterocycles. The van der Waals surface area contributed by atoms with Gasteiger partial charge in [0.25, 0.3) is 0 Å². The van der Waals surface area contributed by atoms with Gasteiger partial charge in [-0.15, -0.1) is 0 Å². The van der Waals surface area contributed by atoms with E-state index < -0.39 is 23.4 Å². The van der Waals surface area contributed by atoms with Gasteiger partial charge < -0.3 is 19.7 Å². The van der Waals surface area contributed by atoms with Crippen LogP contribution in [0.4, 0.5) is 0 Å². The summed E-state index contributed by atoms with van der Waals surface area (Å²) in [5.74, 6) is -1.56. The molecule has 3 atom stereocenters. The van der Waals surface area contributed by atoms with Crippen LogP contribution in [0.15, 0.2) is 6.08 Å². The molecule has 6 heteroatoms. The minimum absolute atomic E-state index is 0.120. The number of hydrogen-bond donors (Lipinski definition) is 2. The maximum absolute atomic E-state index is 12.8. The van der Waals surface area contributed by atoms with Crippen LogP contribution in [0.3, 0.4) is 0 Å². The van der Waals surface area contributed by atoms with Gasteiger partial charge in [-0.3, -0.25) is 9.59 Å². The van der Waals surface area contributed by atoms with Crippen LogP contribution in [0.1, 0.15) is 68.4 Å². The number of hydrogen-bond acceptors (Lipinski definition) is 5. The van der Waals surface area contributed by atoms with Gasteiger partial charge in [0.15, 0.2) is 5.78 Å². The van der Waals surface area contributed by atoms with Crippen molar-refractivity contribution in [2.24, 2.45) is 5.92 Å². The molecule has 0 bridgehead atoms. The van der Waals surface area contributed by atoms with Crippen LogP contribution >= 0.6 is 0 Å². The second-order valence-electron chi connectivity index (χ2n) is 7.72. The topological polar surface area (TPSA) is 93.1 Å². The monoisotopic (exact) mass is 360 g/mol. The predicted octanol–water partition coefficient (Wildman–Crippen LogP) is 3.75. The lowest BCUT2D eigenvalue weighted by molar-refractivity contribution is -0.137. The Morgan fingerprint density at radius 2 is 1.96 bits per heavy atom. The predicted molar refractivity (Wildman–Crippen MR) is 96.1 cm³/mol. The van der Waals surface area contributed by atoms with Gasteiger partial charge >= 0.3 is 5.97 Å². The smallest absolute Gasteiger partial charge is 0.303 e. The third-order valence-electron chi connectivity index (χ3n) is 5.11. The lowest BCUT2D eigenvalue weighted by Crippen LogP contribution is -2.35. The van der Waals surface area contributed by atoms with Gasteiger partial charge in [0.2, 0.25) is 0 Å². The summed E-state index contributed by atoms with van der Waals surface area (Å²) in [5, 5.41) is 20.0. The third-order valence-corrected chi connectivity index (χ3v) is 5.11. The van der Waals surface area contributed by atoms with Crippen LogP contribution in [0.25, 0.3) is 6.08 Å². The lowest BCUT2D eigenvalue weighted by Gasteiger charge is -2.36. The SMILES string of the molecule is C[C@H](CC(=O)O)c1c2c(c(O)c3c1O[C@@H](C)[C@H](C)C3=O)C=CC(C)(C)O2. The Labute approximate surface area is 152 Å². The number of carboxylic acid groups (broad SMARTS) is 1. The maximum Gasteiger partial charge on any atom is 0.303 e. The van der Waals surface area contributed by atoms with Crippen molar-refractivity contribution < 1.29 is 29.3 Å². The zero-order valence-electron chi connectivity index (χ0n) is 15.6. The fourth-order valence-corrected chi connectivity index (χ4v) is 3.47. The van der Waals surface area contributed by atoms with Crippen LogP contribution in [0.5, 0.6) is 17.2 Å². The molecule has 0 saturated carbocycles. The summed E-state index contributed by atoms with van der Waals surface area (Å²) in [6, 6.07) is 0. The average Bonchev–Trinajstić information content (AvgIpc) is 2.50. The number of carboxylic acids is 1. The van der Waals surface area contributed by atoms with Crippen LogP contribution < -0.4 is 9.47 Å². The van der Waals surface area contributed by atoms with Crippen molar-refractivity contribution in [3.05, 3.63) is 22.8 Å². The molecule has 1 aromatic rings. The molecule has 2 N–H and O–H groups in total. The van der Waals surface area contributed by atoms with E-state index in [0.717, 1.165) is 0 Å². The maximum atomic E-state index is 12.8. The van der Waals surface area contributed by atoms with Crippen LogP contribution in [-0.2, 0) is 4.79 Å². The molecule has 140 valence electrons. The largest absolute Gasteiger partial charge is 0.506 e. The van der Waals surface area contributed by atoms with Gasteiger partial charge in [-0.25, -0.2) is 0 Å². The first-order valence-electron chi connectivity index (χ1n) is 8.77. The lowest BCUT2D eigenvalue weighted by atomic mass is 9.83. The van der Waals surface area contributed by atoms with E-state index in [1.165, 1.54) is 0 Å². The highest BCUT2D eigenvalue weighted by atomic mass is 16.5. The number of aliphatic carboxylic acids is 1.